The number of hydrogen-bond donors (Lipinski definition) is 1. The molecule has 0 radical (unpaired) electrons. The molecule has 1 N–H and O–H groups in total. The van der Waals surface area contributed by atoms with Gasteiger partial charge in [-0.25, -0.2) is 4.98 Å². The molecule has 4 rings (SSSR count). The van der Waals surface area contributed by atoms with Gasteiger partial charge in [0, 0.05) is 18.5 Å². The van der Waals surface area contributed by atoms with Crippen LogP contribution in [0.1, 0.15) is 0 Å². The third-order valence-electron chi connectivity index (χ3n) is 2.89. The van der Waals surface area contributed by atoms with Gasteiger partial charge < -0.3 is 4.98 Å². The van der Waals surface area contributed by atoms with Crippen molar-refractivity contribution in [3.63, 3.8) is 0 Å². The molecule has 0 saturated carbocycles. The van der Waals surface area contributed by atoms with Crippen LogP contribution in [0.25, 0.3) is 28.2 Å². The molecule has 0 atom stereocenters. The molecule has 0 aliphatic heterocycles. The first kappa shape index (κ1) is 9.35. The smallest absolute Gasteiger partial charge is 0.179 e. The number of rotatable bonds is 1. The quantitative estimate of drug-likeness (QED) is 0.550. The lowest BCUT2D eigenvalue weighted by atomic mass is 10.3. The van der Waals surface area contributed by atoms with Crippen LogP contribution >= 0.6 is 0 Å². The van der Waals surface area contributed by atoms with Crippen molar-refractivity contribution in [2.24, 2.45) is 0 Å². The normalized spacial score (nSPS) is 11.3. The van der Waals surface area contributed by atoms with E-state index in [0.29, 0.717) is 0 Å². The van der Waals surface area contributed by atoms with Gasteiger partial charge >= 0.3 is 0 Å². The van der Waals surface area contributed by atoms with E-state index in [0.717, 1.165) is 28.2 Å². The second kappa shape index (κ2) is 3.40. The number of fused-ring (bicyclic) bond motifs is 3. The van der Waals surface area contributed by atoms with Crippen LogP contribution in [-0.2, 0) is 0 Å². The third kappa shape index (κ3) is 1.24. The van der Waals surface area contributed by atoms with Crippen LogP contribution in [-0.4, -0.2) is 24.6 Å². The Kier molecular flexibility index (Phi) is 1.77. The van der Waals surface area contributed by atoms with E-state index in [-0.39, 0.29) is 0 Å². The standard InChI is InChI=1S/C13H9N5/c1-2-6-14-9(4-1)11-8-12-16-10-5-3-7-15-13(10)18(12)17-11/h1-8,16H. The lowest BCUT2D eigenvalue weighted by molar-refractivity contribution is 0.989. The Morgan fingerprint density at radius 1 is 0.944 bits per heavy atom. The zero-order valence-corrected chi connectivity index (χ0v) is 9.41. The summed E-state index contributed by atoms with van der Waals surface area (Å²) in [6.07, 6.45) is 3.52. The number of aromatic nitrogens is 5. The highest BCUT2D eigenvalue weighted by Crippen LogP contribution is 2.20. The van der Waals surface area contributed by atoms with Crippen molar-refractivity contribution in [1.29, 1.82) is 0 Å². The molecule has 5 nitrogen and oxygen atoms in total. The first-order valence-corrected chi connectivity index (χ1v) is 5.66. The molecule has 4 aromatic heterocycles. The number of hydrogen-bond acceptors (Lipinski definition) is 3. The van der Waals surface area contributed by atoms with Crippen molar-refractivity contribution in [2.75, 3.05) is 0 Å². The maximum atomic E-state index is 4.53. The second-order valence-electron chi connectivity index (χ2n) is 4.04. The van der Waals surface area contributed by atoms with Gasteiger partial charge in [-0.3, -0.25) is 4.98 Å². The van der Waals surface area contributed by atoms with Gasteiger partial charge in [0.05, 0.1) is 11.2 Å². The average Bonchev–Trinajstić information content (AvgIpc) is 2.97. The summed E-state index contributed by atoms with van der Waals surface area (Å²) in [6.45, 7) is 0. The van der Waals surface area contributed by atoms with E-state index in [1.54, 1.807) is 16.9 Å². The molecule has 18 heavy (non-hydrogen) atoms. The summed E-state index contributed by atoms with van der Waals surface area (Å²) in [4.78, 5) is 11.9. The van der Waals surface area contributed by atoms with Crippen LogP contribution in [0.15, 0.2) is 48.8 Å². The van der Waals surface area contributed by atoms with E-state index in [1.165, 1.54) is 0 Å². The zero-order chi connectivity index (χ0) is 11.9. The van der Waals surface area contributed by atoms with E-state index in [1.807, 2.05) is 36.4 Å². The summed E-state index contributed by atoms with van der Waals surface area (Å²) in [5.41, 5.74) is 4.43. The number of pyridine rings is 2. The van der Waals surface area contributed by atoms with Crippen molar-refractivity contribution < 1.29 is 0 Å². The molecule has 0 aliphatic carbocycles. The number of aromatic amines is 1. The fraction of sp³-hybridized carbons (Fsp3) is 0. The summed E-state index contributed by atoms with van der Waals surface area (Å²) in [7, 11) is 0. The maximum absolute atomic E-state index is 4.53. The van der Waals surface area contributed by atoms with Crippen LogP contribution < -0.4 is 0 Å². The minimum absolute atomic E-state index is 0.828. The molecular weight excluding hydrogens is 226 g/mol. The molecule has 0 spiro atoms. The van der Waals surface area contributed by atoms with E-state index in [2.05, 4.69) is 20.1 Å². The van der Waals surface area contributed by atoms with Gasteiger partial charge in [-0.15, -0.1) is 0 Å². The molecule has 0 amide bonds. The molecule has 0 unspecified atom stereocenters. The molecule has 4 aromatic rings. The molecule has 0 bridgehead atoms. The fourth-order valence-corrected chi connectivity index (χ4v) is 2.07. The molecule has 0 fully saturated rings. The van der Waals surface area contributed by atoms with Crippen LogP contribution in [0, 0.1) is 0 Å². The van der Waals surface area contributed by atoms with Crippen LogP contribution in [0.4, 0.5) is 0 Å². The molecule has 0 aliphatic rings. The van der Waals surface area contributed by atoms with E-state index in [9.17, 15) is 0 Å². The SMILES string of the molecule is c1ccc(-c2cc3[nH]c4cccnc4n3n2)nc1. The Balaban J connectivity index is 2.00. The van der Waals surface area contributed by atoms with Crippen LogP contribution in [0.2, 0.25) is 0 Å². The minimum atomic E-state index is 0.828. The summed E-state index contributed by atoms with van der Waals surface area (Å²) in [6, 6.07) is 11.6. The molecule has 5 heteroatoms. The van der Waals surface area contributed by atoms with Gasteiger partial charge in [-0.1, -0.05) is 6.07 Å². The Labute approximate surface area is 102 Å². The van der Waals surface area contributed by atoms with Crippen LogP contribution in [0.3, 0.4) is 0 Å². The first-order valence-electron chi connectivity index (χ1n) is 5.66. The van der Waals surface area contributed by atoms with E-state index < -0.39 is 0 Å². The average molecular weight is 235 g/mol. The van der Waals surface area contributed by atoms with Gasteiger partial charge in [0.2, 0.25) is 0 Å². The largest absolute Gasteiger partial charge is 0.337 e. The summed E-state index contributed by atoms with van der Waals surface area (Å²) < 4.78 is 1.80. The van der Waals surface area contributed by atoms with E-state index >= 15 is 0 Å². The maximum Gasteiger partial charge on any atom is 0.179 e. The van der Waals surface area contributed by atoms with Gasteiger partial charge in [0.1, 0.15) is 11.3 Å². The number of nitrogens with one attached hydrogen (secondary N) is 1. The monoisotopic (exact) mass is 235 g/mol. The Bertz CT molecular complexity index is 828. The Morgan fingerprint density at radius 3 is 2.78 bits per heavy atom. The summed E-state index contributed by atoms with van der Waals surface area (Å²) in [5, 5.41) is 4.53. The highest BCUT2D eigenvalue weighted by Gasteiger charge is 2.10. The lowest BCUT2D eigenvalue weighted by Gasteiger charge is -1.93. The van der Waals surface area contributed by atoms with Crippen molar-refractivity contribution in [2.45, 2.75) is 0 Å². The topological polar surface area (TPSA) is 58.9 Å². The number of nitrogens with zero attached hydrogens (tertiary/aromatic N) is 4. The van der Waals surface area contributed by atoms with Crippen molar-refractivity contribution >= 4 is 16.8 Å². The van der Waals surface area contributed by atoms with Gasteiger partial charge in [0.25, 0.3) is 0 Å². The lowest BCUT2D eigenvalue weighted by Crippen LogP contribution is -1.88. The molecule has 0 aromatic carbocycles. The van der Waals surface area contributed by atoms with E-state index in [4.69, 9.17) is 0 Å². The second-order valence-corrected chi connectivity index (χ2v) is 4.04. The summed E-state index contributed by atoms with van der Waals surface area (Å²) >= 11 is 0. The van der Waals surface area contributed by atoms with Crippen molar-refractivity contribution in [3.8, 4) is 11.4 Å². The molecular formula is C13H9N5. The highest BCUT2D eigenvalue weighted by molar-refractivity contribution is 5.77. The van der Waals surface area contributed by atoms with Gasteiger partial charge in [-0.05, 0) is 24.3 Å². The zero-order valence-electron chi connectivity index (χ0n) is 9.41. The first-order chi connectivity index (χ1) is 8.92. The molecule has 86 valence electrons. The fourth-order valence-electron chi connectivity index (χ4n) is 2.07. The highest BCUT2D eigenvalue weighted by atomic mass is 15.3. The molecule has 4 heterocycles. The van der Waals surface area contributed by atoms with Crippen molar-refractivity contribution in [3.05, 3.63) is 48.8 Å². The predicted octanol–water partition coefficient (Wildman–Crippen LogP) is 2.27. The van der Waals surface area contributed by atoms with Gasteiger partial charge in [-0.2, -0.15) is 9.61 Å². The minimum Gasteiger partial charge on any atom is -0.337 e. The predicted molar refractivity (Wildman–Crippen MR) is 68.1 cm³/mol. The number of imidazole rings is 1. The summed E-state index contributed by atoms with van der Waals surface area (Å²) in [5.74, 6) is 0. The Hall–Kier alpha value is -2.69. The molecule has 0 saturated heterocycles. The third-order valence-corrected chi connectivity index (χ3v) is 2.89. The van der Waals surface area contributed by atoms with Crippen molar-refractivity contribution in [1.82, 2.24) is 24.6 Å². The van der Waals surface area contributed by atoms with Crippen LogP contribution in [0.5, 0.6) is 0 Å². The number of H-pyrrole nitrogens is 1. The van der Waals surface area contributed by atoms with Gasteiger partial charge in [0.15, 0.2) is 5.65 Å². The Morgan fingerprint density at radius 2 is 1.89 bits per heavy atom.